The van der Waals surface area contributed by atoms with Crippen LogP contribution in [0.4, 0.5) is 37.0 Å². The molecule has 2 rings (SSSR count). The smallest absolute Gasteiger partial charge is 0.449 e. The van der Waals surface area contributed by atoms with E-state index in [0.717, 1.165) is 0 Å². The molecular formula is C20H18Cl2F6N4O4S2. The topological polar surface area (TPSA) is 105 Å². The van der Waals surface area contributed by atoms with E-state index in [0.29, 0.717) is 33.2 Å². The Kier molecular flexibility index (Phi) is 10.3. The van der Waals surface area contributed by atoms with Crippen molar-refractivity contribution in [2.45, 2.75) is 36.8 Å². The zero-order chi connectivity index (χ0) is 29.1. The Labute approximate surface area is 227 Å². The molecule has 0 N–H and O–H groups in total. The molecule has 0 atom stereocenters. The maximum Gasteiger partial charge on any atom is 0.502 e. The lowest BCUT2D eigenvalue weighted by molar-refractivity contribution is -0.137. The van der Waals surface area contributed by atoms with Gasteiger partial charge in [-0.1, -0.05) is 30.1 Å². The minimum absolute atomic E-state index is 0.115. The van der Waals surface area contributed by atoms with Gasteiger partial charge < -0.3 is 4.74 Å². The van der Waals surface area contributed by atoms with E-state index in [1.165, 1.54) is 24.8 Å². The van der Waals surface area contributed by atoms with Crippen molar-refractivity contribution in [1.29, 1.82) is 5.26 Å². The number of ether oxygens (including phenoxy) is 1. The molecule has 2 aromatic rings. The molecule has 0 saturated carbocycles. The van der Waals surface area contributed by atoms with Gasteiger partial charge in [-0.15, -0.1) is 0 Å². The zero-order valence-electron chi connectivity index (χ0n) is 19.5. The highest BCUT2D eigenvalue weighted by Gasteiger charge is 2.52. The summed E-state index contributed by atoms with van der Waals surface area (Å²) in [6, 6.07) is 1.98. The van der Waals surface area contributed by atoms with Crippen molar-refractivity contribution in [3.8, 4) is 11.8 Å². The largest absolute Gasteiger partial charge is 0.502 e. The van der Waals surface area contributed by atoms with Crippen LogP contribution in [0.15, 0.2) is 17.0 Å². The molecule has 0 unspecified atom stereocenters. The Hall–Kier alpha value is -2.35. The summed E-state index contributed by atoms with van der Waals surface area (Å²) in [5.41, 5.74) is -9.28. The molecule has 0 aliphatic heterocycles. The molecule has 0 radical (unpaired) electrons. The summed E-state index contributed by atoms with van der Waals surface area (Å²) in [6.07, 6.45) is -6.11. The maximum atomic E-state index is 13.7. The molecule has 0 fully saturated rings. The fourth-order valence-electron chi connectivity index (χ4n) is 3.11. The second-order valence-corrected chi connectivity index (χ2v) is 11.2. The van der Waals surface area contributed by atoms with Crippen molar-refractivity contribution in [1.82, 2.24) is 9.78 Å². The molecule has 1 amide bonds. The molecular weight excluding hydrogens is 609 g/mol. The average Bonchev–Trinajstić information content (AvgIpc) is 3.17. The SMILES string of the molecule is CCOC(=O)N(CCCSCC)c1c(S(=O)(=O)C(F)(F)F)c(C#N)nn1-c1c(Cl)cc(C(F)(F)F)cc1Cl. The molecule has 0 aliphatic rings. The van der Waals surface area contributed by atoms with E-state index in [4.69, 9.17) is 27.9 Å². The highest BCUT2D eigenvalue weighted by molar-refractivity contribution is 7.99. The van der Waals surface area contributed by atoms with Crippen molar-refractivity contribution in [2.75, 3.05) is 29.6 Å². The molecule has 0 saturated heterocycles. The summed E-state index contributed by atoms with van der Waals surface area (Å²) >= 11 is 13.4. The van der Waals surface area contributed by atoms with Crippen LogP contribution in [0.1, 0.15) is 31.5 Å². The number of anilines is 1. The molecule has 1 aromatic carbocycles. The first-order valence-electron chi connectivity index (χ1n) is 10.5. The van der Waals surface area contributed by atoms with Crippen LogP contribution < -0.4 is 4.90 Å². The first-order valence-corrected chi connectivity index (χ1v) is 13.8. The van der Waals surface area contributed by atoms with Crippen molar-refractivity contribution < 1.29 is 44.3 Å². The number of rotatable bonds is 9. The number of nitriles is 1. The second kappa shape index (κ2) is 12.2. The molecule has 0 bridgehead atoms. The van der Waals surface area contributed by atoms with Crippen LogP contribution in [0.3, 0.4) is 0 Å². The molecule has 8 nitrogen and oxygen atoms in total. The van der Waals surface area contributed by atoms with Crippen molar-refractivity contribution in [3.63, 3.8) is 0 Å². The van der Waals surface area contributed by atoms with Gasteiger partial charge in [-0.05, 0) is 37.0 Å². The number of carbonyl (C=O) groups is 1. The maximum absolute atomic E-state index is 13.7. The van der Waals surface area contributed by atoms with Crippen LogP contribution in [0.25, 0.3) is 5.69 Å². The first kappa shape index (κ1) is 31.9. The molecule has 18 heteroatoms. The van der Waals surface area contributed by atoms with Gasteiger partial charge in [-0.2, -0.15) is 48.5 Å². The van der Waals surface area contributed by atoms with Gasteiger partial charge in [0.05, 0.1) is 22.2 Å². The third-order valence-electron chi connectivity index (χ3n) is 4.67. The van der Waals surface area contributed by atoms with Gasteiger partial charge in [-0.3, -0.25) is 4.90 Å². The third kappa shape index (κ3) is 6.61. The summed E-state index contributed by atoms with van der Waals surface area (Å²) in [5, 5.41) is 11.4. The number of thioether (sulfide) groups is 1. The van der Waals surface area contributed by atoms with Crippen LogP contribution in [-0.4, -0.2) is 54.5 Å². The molecule has 38 heavy (non-hydrogen) atoms. The highest BCUT2D eigenvalue weighted by atomic mass is 35.5. The van der Waals surface area contributed by atoms with E-state index < -0.39 is 71.9 Å². The number of hydrogen-bond acceptors (Lipinski definition) is 7. The van der Waals surface area contributed by atoms with Gasteiger partial charge in [-0.25, -0.2) is 17.9 Å². The standard InChI is InChI=1S/C20H18Cl2F6N4O4S2/c1-3-36-18(33)31(6-5-7-37-4-2)17-16(38(34,35)20(26,27)28)14(10-29)30-32(17)15-12(21)8-11(9-13(15)22)19(23,24)25/h8-9H,3-7H2,1-2H3. The Morgan fingerprint density at radius 1 is 1.18 bits per heavy atom. The Bertz CT molecular complexity index is 1320. The summed E-state index contributed by atoms with van der Waals surface area (Å²) in [4.78, 5) is 11.6. The van der Waals surface area contributed by atoms with Gasteiger partial charge in [0.2, 0.25) is 0 Å². The lowest BCUT2D eigenvalue weighted by atomic mass is 10.2. The number of amides is 1. The predicted octanol–water partition coefficient (Wildman–Crippen LogP) is 6.47. The van der Waals surface area contributed by atoms with E-state index in [1.54, 1.807) is 0 Å². The Morgan fingerprint density at radius 3 is 2.21 bits per heavy atom. The van der Waals surface area contributed by atoms with Crippen molar-refractivity contribution >= 4 is 56.7 Å². The monoisotopic (exact) mass is 626 g/mol. The number of sulfone groups is 1. The van der Waals surface area contributed by atoms with Gasteiger partial charge >= 0.3 is 17.8 Å². The molecule has 1 heterocycles. The number of benzene rings is 1. The van der Waals surface area contributed by atoms with Gasteiger partial charge in [0.25, 0.3) is 9.84 Å². The van der Waals surface area contributed by atoms with E-state index in [-0.39, 0.29) is 13.0 Å². The fourth-order valence-corrected chi connectivity index (χ4v) is 5.39. The highest BCUT2D eigenvalue weighted by Crippen LogP contribution is 2.43. The predicted molar refractivity (Wildman–Crippen MR) is 129 cm³/mol. The van der Waals surface area contributed by atoms with Crippen molar-refractivity contribution in [3.05, 3.63) is 33.4 Å². The van der Waals surface area contributed by atoms with Gasteiger partial charge in [0, 0.05) is 6.54 Å². The van der Waals surface area contributed by atoms with E-state index in [2.05, 4.69) is 5.10 Å². The number of alkyl halides is 6. The number of carbonyl (C=O) groups excluding carboxylic acids is 1. The normalized spacial score (nSPS) is 12.3. The van der Waals surface area contributed by atoms with Crippen LogP contribution in [0.5, 0.6) is 0 Å². The number of aromatic nitrogens is 2. The first-order chi connectivity index (χ1) is 17.5. The van der Waals surface area contributed by atoms with E-state index in [9.17, 15) is 44.8 Å². The van der Waals surface area contributed by atoms with Crippen LogP contribution in [0.2, 0.25) is 10.0 Å². The molecule has 1 aromatic heterocycles. The summed E-state index contributed by atoms with van der Waals surface area (Å²) < 4.78 is 111. The number of halogens is 8. The van der Waals surface area contributed by atoms with E-state index in [1.807, 2.05) is 6.92 Å². The molecule has 0 aliphatic carbocycles. The number of nitrogens with zero attached hydrogens (tertiary/aromatic N) is 4. The zero-order valence-corrected chi connectivity index (χ0v) is 22.6. The molecule has 0 spiro atoms. The van der Waals surface area contributed by atoms with Gasteiger partial charge in [0.15, 0.2) is 16.4 Å². The lowest BCUT2D eigenvalue weighted by Crippen LogP contribution is -2.36. The second-order valence-electron chi connectivity index (χ2n) is 7.16. The minimum Gasteiger partial charge on any atom is -0.449 e. The fraction of sp³-hybridized carbons (Fsp3) is 0.450. The van der Waals surface area contributed by atoms with Crippen LogP contribution in [0, 0.1) is 11.3 Å². The quantitative estimate of drug-likeness (QED) is 0.232. The molecule has 210 valence electrons. The van der Waals surface area contributed by atoms with Crippen LogP contribution in [-0.2, 0) is 20.8 Å². The minimum atomic E-state index is -6.35. The average molecular weight is 627 g/mol. The number of hydrogen-bond donors (Lipinski definition) is 0. The summed E-state index contributed by atoms with van der Waals surface area (Å²) in [6.45, 7) is 2.50. The summed E-state index contributed by atoms with van der Waals surface area (Å²) in [5.74, 6) is -0.0859. The Balaban J connectivity index is 3.02. The third-order valence-corrected chi connectivity index (χ3v) is 7.76. The van der Waals surface area contributed by atoms with Crippen LogP contribution >= 0.6 is 35.0 Å². The summed E-state index contributed by atoms with van der Waals surface area (Å²) in [7, 11) is -6.35. The van der Waals surface area contributed by atoms with E-state index >= 15 is 0 Å². The van der Waals surface area contributed by atoms with Gasteiger partial charge in [0.1, 0.15) is 11.8 Å². The van der Waals surface area contributed by atoms with Crippen molar-refractivity contribution in [2.24, 2.45) is 0 Å². The lowest BCUT2D eigenvalue weighted by Gasteiger charge is -2.25. The Morgan fingerprint density at radius 2 is 1.76 bits per heavy atom.